The van der Waals surface area contributed by atoms with Gasteiger partial charge in [-0.05, 0) is 23.2 Å². The molecular formula is C14H14OS. The third-order valence-electron chi connectivity index (χ3n) is 2.49. The van der Waals surface area contributed by atoms with Gasteiger partial charge in [0.2, 0.25) is 0 Å². The molecule has 82 valence electrons. The maximum atomic E-state index is 11.8. The second kappa shape index (κ2) is 5.71. The molecule has 0 bridgehead atoms. The van der Waals surface area contributed by atoms with Crippen molar-refractivity contribution in [3.05, 3.63) is 58.4 Å². The fraction of sp³-hybridized carbons (Fsp3) is 0.214. The first-order chi connectivity index (χ1) is 7.86. The zero-order valence-corrected chi connectivity index (χ0v) is 9.87. The number of hydrogen-bond acceptors (Lipinski definition) is 2. The summed E-state index contributed by atoms with van der Waals surface area (Å²) in [5, 5.41) is 2.10. The molecule has 16 heavy (non-hydrogen) atoms. The monoisotopic (exact) mass is 230 g/mol. The molecule has 0 radical (unpaired) electrons. The Balaban J connectivity index is 1.87. The quantitative estimate of drug-likeness (QED) is 0.722. The van der Waals surface area contributed by atoms with E-state index < -0.39 is 0 Å². The van der Waals surface area contributed by atoms with Crippen LogP contribution in [0.15, 0.2) is 52.8 Å². The highest BCUT2D eigenvalue weighted by Gasteiger charge is 2.07. The van der Waals surface area contributed by atoms with Gasteiger partial charge in [-0.25, -0.2) is 0 Å². The normalized spacial score (nSPS) is 14.6. The molecular weight excluding hydrogens is 216 g/mol. The largest absolute Gasteiger partial charge is 0.294 e. The maximum absolute atomic E-state index is 11.8. The SMILES string of the molecule is O=C(CCC1=CCC=CS1)c1ccccc1. The first-order valence-corrected chi connectivity index (χ1v) is 6.33. The minimum atomic E-state index is 0.233. The van der Waals surface area contributed by atoms with Crippen molar-refractivity contribution in [3.63, 3.8) is 0 Å². The third kappa shape index (κ3) is 3.11. The van der Waals surface area contributed by atoms with Gasteiger partial charge in [0.05, 0.1) is 0 Å². The fourth-order valence-electron chi connectivity index (χ4n) is 1.60. The van der Waals surface area contributed by atoms with E-state index in [1.807, 2.05) is 30.3 Å². The molecule has 1 aromatic carbocycles. The van der Waals surface area contributed by atoms with Gasteiger partial charge in [0.1, 0.15) is 0 Å². The van der Waals surface area contributed by atoms with E-state index in [2.05, 4.69) is 17.6 Å². The lowest BCUT2D eigenvalue weighted by Crippen LogP contribution is -1.98. The summed E-state index contributed by atoms with van der Waals surface area (Å²) in [6.45, 7) is 0. The Morgan fingerprint density at radius 1 is 1.25 bits per heavy atom. The van der Waals surface area contributed by atoms with E-state index in [9.17, 15) is 4.79 Å². The summed E-state index contributed by atoms with van der Waals surface area (Å²) in [5.41, 5.74) is 0.819. The number of hydrogen-bond donors (Lipinski definition) is 0. The van der Waals surface area contributed by atoms with Crippen LogP contribution in [0.2, 0.25) is 0 Å². The molecule has 0 amide bonds. The van der Waals surface area contributed by atoms with Crippen LogP contribution in [0.4, 0.5) is 0 Å². The van der Waals surface area contributed by atoms with E-state index in [1.165, 1.54) is 4.91 Å². The van der Waals surface area contributed by atoms with Gasteiger partial charge in [-0.2, -0.15) is 0 Å². The van der Waals surface area contributed by atoms with Crippen LogP contribution in [0.25, 0.3) is 0 Å². The summed E-state index contributed by atoms with van der Waals surface area (Å²) >= 11 is 1.73. The zero-order chi connectivity index (χ0) is 11.2. The van der Waals surface area contributed by atoms with Crippen molar-refractivity contribution in [1.29, 1.82) is 0 Å². The Morgan fingerprint density at radius 2 is 2.06 bits per heavy atom. The Hall–Kier alpha value is -1.28. The average Bonchev–Trinajstić information content (AvgIpc) is 2.38. The van der Waals surface area contributed by atoms with E-state index >= 15 is 0 Å². The maximum Gasteiger partial charge on any atom is 0.163 e. The van der Waals surface area contributed by atoms with Crippen molar-refractivity contribution >= 4 is 17.5 Å². The zero-order valence-electron chi connectivity index (χ0n) is 9.06. The lowest BCUT2D eigenvalue weighted by Gasteiger charge is -2.06. The van der Waals surface area contributed by atoms with E-state index in [1.54, 1.807) is 11.8 Å². The van der Waals surface area contributed by atoms with Crippen LogP contribution in [-0.4, -0.2) is 5.78 Å². The van der Waals surface area contributed by atoms with Gasteiger partial charge in [0.15, 0.2) is 5.78 Å². The van der Waals surface area contributed by atoms with Crippen LogP contribution >= 0.6 is 11.8 Å². The number of benzene rings is 1. The lowest BCUT2D eigenvalue weighted by atomic mass is 10.1. The summed E-state index contributed by atoms with van der Waals surface area (Å²) in [6.07, 6.45) is 6.80. The van der Waals surface area contributed by atoms with Crippen molar-refractivity contribution < 1.29 is 4.79 Å². The number of thioether (sulfide) groups is 1. The summed E-state index contributed by atoms with van der Waals surface area (Å²) in [5.74, 6) is 0.233. The van der Waals surface area contributed by atoms with Crippen LogP contribution in [-0.2, 0) is 0 Å². The second-order valence-corrected chi connectivity index (χ2v) is 4.72. The molecule has 0 unspecified atom stereocenters. The molecule has 1 nitrogen and oxygen atoms in total. The minimum absolute atomic E-state index is 0.233. The number of ketones is 1. The fourth-order valence-corrected chi connectivity index (χ4v) is 2.40. The molecule has 0 aliphatic carbocycles. The van der Waals surface area contributed by atoms with Crippen LogP contribution < -0.4 is 0 Å². The van der Waals surface area contributed by atoms with E-state index in [-0.39, 0.29) is 5.78 Å². The molecule has 0 saturated carbocycles. The van der Waals surface area contributed by atoms with Crippen LogP contribution in [0.3, 0.4) is 0 Å². The Morgan fingerprint density at radius 3 is 2.75 bits per heavy atom. The summed E-state index contributed by atoms with van der Waals surface area (Å²) in [4.78, 5) is 13.1. The van der Waals surface area contributed by atoms with Crippen molar-refractivity contribution in [2.24, 2.45) is 0 Å². The van der Waals surface area contributed by atoms with Crippen molar-refractivity contribution in [1.82, 2.24) is 0 Å². The first-order valence-electron chi connectivity index (χ1n) is 5.45. The molecule has 0 atom stereocenters. The number of allylic oxidation sites excluding steroid dienone is 3. The summed E-state index contributed by atoms with van der Waals surface area (Å²) in [6, 6.07) is 9.51. The third-order valence-corrected chi connectivity index (χ3v) is 3.49. The Labute approximate surface area is 100 Å². The van der Waals surface area contributed by atoms with Gasteiger partial charge in [-0.1, -0.05) is 42.5 Å². The van der Waals surface area contributed by atoms with Gasteiger partial charge in [0.25, 0.3) is 0 Å². The predicted molar refractivity (Wildman–Crippen MR) is 69.4 cm³/mol. The first kappa shape index (κ1) is 11.2. The highest BCUT2D eigenvalue weighted by Crippen LogP contribution is 2.27. The highest BCUT2D eigenvalue weighted by molar-refractivity contribution is 8.05. The predicted octanol–water partition coefficient (Wildman–Crippen LogP) is 4.18. The van der Waals surface area contributed by atoms with Crippen molar-refractivity contribution in [2.45, 2.75) is 19.3 Å². The smallest absolute Gasteiger partial charge is 0.163 e. The molecule has 1 aliphatic heterocycles. The topological polar surface area (TPSA) is 17.1 Å². The van der Waals surface area contributed by atoms with Gasteiger partial charge >= 0.3 is 0 Å². The van der Waals surface area contributed by atoms with Crippen LogP contribution in [0, 0.1) is 0 Å². The molecule has 2 heteroatoms. The molecule has 0 aromatic heterocycles. The number of rotatable bonds is 4. The number of Topliss-reactive ketones (excluding diaryl/α,β-unsaturated/α-hetero) is 1. The molecule has 0 spiro atoms. The van der Waals surface area contributed by atoms with Crippen LogP contribution in [0.5, 0.6) is 0 Å². The van der Waals surface area contributed by atoms with Crippen molar-refractivity contribution in [2.75, 3.05) is 0 Å². The molecule has 1 heterocycles. The average molecular weight is 230 g/mol. The van der Waals surface area contributed by atoms with Gasteiger partial charge in [-0.3, -0.25) is 4.79 Å². The number of carbonyl (C=O) groups excluding carboxylic acids is 1. The van der Waals surface area contributed by atoms with E-state index in [4.69, 9.17) is 0 Å². The summed E-state index contributed by atoms with van der Waals surface area (Å²) in [7, 11) is 0. The van der Waals surface area contributed by atoms with Crippen molar-refractivity contribution in [3.8, 4) is 0 Å². The highest BCUT2D eigenvalue weighted by atomic mass is 32.2. The molecule has 1 aromatic rings. The van der Waals surface area contributed by atoms with E-state index in [0.717, 1.165) is 18.4 Å². The molecule has 1 aliphatic rings. The van der Waals surface area contributed by atoms with Gasteiger partial charge in [0, 0.05) is 12.0 Å². The van der Waals surface area contributed by atoms with Crippen LogP contribution in [0.1, 0.15) is 29.6 Å². The Kier molecular flexibility index (Phi) is 4.00. The Bertz CT molecular complexity index is 418. The summed E-state index contributed by atoms with van der Waals surface area (Å²) < 4.78 is 0. The molecule has 0 N–H and O–H groups in total. The molecule has 0 saturated heterocycles. The van der Waals surface area contributed by atoms with Gasteiger partial charge in [-0.15, -0.1) is 11.8 Å². The molecule has 0 fully saturated rings. The second-order valence-electron chi connectivity index (χ2n) is 3.68. The minimum Gasteiger partial charge on any atom is -0.294 e. The standard InChI is InChI=1S/C14H14OS/c15-14(12-6-2-1-3-7-12)10-9-13-8-4-5-11-16-13/h1-3,5-8,11H,4,9-10H2. The number of carbonyl (C=O) groups is 1. The lowest BCUT2D eigenvalue weighted by molar-refractivity contribution is 0.0983. The molecule has 2 rings (SSSR count). The van der Waals surface area contributed by atoms with E-state index in [0.29, 0.717) is 6.42 Å². The van der Waals surface area contributed by atoms with Gasteiger partial charge < -0.3 is 0 Å².